The number of benzene rings is 2. The zero-order valence-electron chi connectivity index (χ0n) is 18.2. The molecule has 0 spiro atoms. The van der Waals surface area contributed by atoms with E-state index in [2.05, 4.69) is 24.0 Å². The molecule has 162 valence electrons. The number of halogens is 1. The molecule has 1 N–H and O–H groups in total. The molecule has 3 aromatic rings. The summed E-state index contributed by atoms with van der Waals surface area (Å²) in [5.74, 6) is -0.283. The van der Waals surface area contributed by atoms with Crippen molar-refractivity contribution in [3.63, 3.8) is 0 Å². The van der Waals surface area contributed by atoms with Gasteiger partial charge in [-0.15, -0.1) is 0 Å². The largest absolute Gasteiger partial charge is 0.396 e. The van der Waals surface area contributed by atoms with Crippen LogP contribution >= 0.6 is 0 Å². The Morgan fingerprint density at radius 2 is 1.90 bits per heavy atom. The molecule has 0 aliphatic carbocycles. The van der Waals surface area contributed by atoms with Crippen molar-refractivity contribution in [3.8, 4) is 0 Å². The van der Waals surface area contributed by atoms with Gasteiger partial charge in [-0.05, 0) is 74.1 Å². The Hall–Kier alpha value is -2.79. The first kappa shape index (κ1) is 21.4. The molecule has 4 nitrogen and oxygen atoms in total. The van der Waals surface area contributed by atoms with Crippen LogP contribution in [-0.2, 0) is 12.8 Å². The van der Waals surface area contributed by atoms with E-state index >= 15 is 0 Å². The smallest absolute Gasteiger partial charge is 0.254 e. The van der Waals surface area contributed by atoms with Crippen LogP contribution in [0.2, 0.25) is 0 Å². The maximum atomic E-state index is 13.6. The Morgan fingerprint density at radius 1 is 1.16 bits per heavy atom. The van der Waals surface area contributed by atoms with Gasteiger partial charge in [-0.25, -0.2) is 4.39 Å². The van der Waals surface area contributed by atoms with Crippen LogP contribution in [0.15, 0.2) is 48.5 Å². The molecule has 1 aliphatic heterocycles. The second-order valence-corrected chi connectivity index (χ2v) is 8.81. The highest BCUT2D eigenvalue weighted by Gasteiger charge is 2.37. The molecule has 0 radical (unpaired) electrons. The SMILES string of the molecule is CCc1ccc2nc(C)cc(C(=O)N3CCC[C@@](CO)(Cc4ccc(F)cc4)C3)c2c1. The fraction of sp³-hybridized carbons (Fsp3) is 0.385. The van der Waals surface area contributed by atoms with E-state index in [1.165, 1.54) is 17.7 Å². The maximum Gasteiger partial charge on any atom is 0.254 e. The van der Waals surface area contributed by atoms with Crippen LogP contribution in [0.25, 0.3) is 10.9 Å². The van der Waals surface area contributed by atoms with E-state index in [4.69, 9.17) is 0 Å². The summed E-state index contributed by atoms with van der Waals surface area (Å²) < 4.78 is 13.3. The van der Waals surface area contributed by atoms with Crippen molar-refractivity contribution >= 4 is 16.8 Å². The van der Waals surface area contributed by atoms with Crippen LogP contribution in [0, 0.1) is 18.2 Å². The van der Waals surface area contributed by atoms with Crippen molar-refractivity contribution in [3.05, 3.63) is 76.7 Å². The van der Waals surface area contributed by atoms with Gasteiger partial charge < -0.3 is 10.0 Å². The molecule has 1 saturated heterocycles. The lowest BCUT2D eigenvalue weighted by molar-refractivity contribution is 0.0273. The van der Waals surface area contributed by atoms with E-state index in [0.717, 1.165) is 41.4 Å². The molecule has 1 aliphatic rings. The first-order valence-corrected chi connectivity index (χ1v) is 11.0. The highest BCUT2D eigenvalue weighted by molar-refractivity contribution is 6.06. The monoisotopic (exact) mass is 420 g/mol. The highest BCUT2D eigenvalue weighted by Crippen LogP contribution is 2.35. The number of hydrogen-bond acceptors (Lipinski definition) is 3. The van der Waals surface area contributed by atoms with Crippen molar-refractivity contribution in [1.29, 1.82) is 0 Å². The number of hydrogen-bond donors (Lipinski definition) is 1. The lowest BCUT2D eigenvalue weighted by Crippen LogP contribution is -2.49. The van der Waals surface area contributed by atoms with Crippen LogP contribution < -0.4 is 0 Å². The predicted octanol–water partition coefficient (Wildman–Crippen LogP) is 4.70. The Morgan fingerprint density at radius 3 is 2.61 bits per heavy atom. The molecule has 2 aromatic carbocycles. The molecular weight excluding hydrogens is 391 g/mol. The lowest BCUT2D eigenvalue weighted by atomic mass is 9.75. The van der Waals surface area contributed by atoms with Crippen LogP contribution in [0.5, 0.6) is 0 Å². The number of nitrogens with zero attached hydrogens (tertiary/aromatic N) is 2. The van der Waals surface area contributed by atoms with Crippen molar-refractivity contribution < 1.29 is 14.3 Å². The van der Waals surface area contributed by atoms with Gasteiger partial charge in [-0.2, -0.15) is 0 Å². The first-order valence-electron chi connectivity index (χ1n) is 11.0. The predicted molar refractivity (Wildman–Crippen MR) is 121 cm³/mol. The molecule has 0 bridgehead atoms. The Kier molecular flexibility index (Phi) is 6.05. The number of aliphatic hydroxyl groups is 1. The summed E-state index contributed by atoms with van der Waals surface area (Å²) in [5, 5.41) is 11.2. The number of carbonyl (C=O) groups is 1. The van der Waals surface area contributed by atoms with Crippen LogP contribution in [-0.4, -0.2) is 40.6 Å². The first-order chi connectivity index (χ1) is 14.9. The summed E-state index contributed by atoms with van der Waals surface area (Å²) in [6.45, 7) is 5.15. The van der Waals surface area contributed by atoms with Crippen LogP contribution in [0.4, 0.5) is 4.39 Å². The van der Waals surface area contributed by atoms with E-state index < -0.39 is 5.41 Å². The average molecular weight is 421 g/mol. The number of rotatable bonds is 5. The standard InChI is InChI=1S/C26H29FN2O2/c1-3-19-7-10-24-22(14-19)23(13-18(2)28-24)25(31)29-12-4-11-26(16-29,17-30)15-20-5-8-21(27)9-6-20/h5-10,13-14,30H,3-4,11-12,15-17H2,1-2H3/t26-/m1/s1. The second kappa shape index (κ2) is 8.75. The minimum absolute atomic E-state index is 0.00966. The Labute approximate surface area is 182 Å². The third-order valence-corrected chi connectivity index (χ3v) is 6.42. The van der Waals surface area contributed by atoms with Crippen molar-refractivity contribution in [2.24, 2.45) is 5.41 Å². The summed E-state index contributed by atoms with van der Waals surface area (Å²) >= 11 is 0. The molecule has 31 heavy (non-hydrogen) atoms. The van der Waals surface area contributed by atoms with E-state index in [9.17, 15) is 14.3 Å². The molecule has 4 rings (SSSR count). The summed E-state index contributed by atoms with van der Waals surface area (Å²) in [4.78, 5) is 20.1. The fourth-order valence-corrected chi connectivity index (χ4v) is 4.72. The molecular formula is C26H29FN2O2. The molecule has 0 unspecified atom stereocenters. The lowest BCUT2D eigenvalue weighted by Gasteiger charge is -2.42. The number of carbonyl (C=O) groups excluding carboxylic acids is 1. The van der Waals surface area contributed by atoms with Gasteiger partial charge in [0, 0.05) is 29.6 Å². The molecule has 1 aromatic heterocycles. The van der Waals surface area contributed by atoms with E-state index in [1.54, 1.807) is 12.1 Å². The third-order valence-electron chi connectivity index (χ3n) is 6.42. The zero-order valence-corrected chi connectivity index (χ0v) is 18.2. The molecule has 1 amide bonds. The summed E-state index contributed by atoms with van der Waals surface area (Å²) in [6.07, 6.45) is 3.17. The summed E-state index contributed by atoms with van der Waals surface area (Å²) in [7, 11) is 0. The van der Waals surface area contributed by atoms with Gasteiger partial charge in [0.2, 0.25) is 0 Å². The topological polar surface area (TPSA) is 53.4 Å². The van der Waals surface area contributed by atoms with Crippen molar-refractivity contribution in [1.82, 2.24) is 9.88 Å². The number of pyridine rings is 1. The van der Waals surface area contributed by atoms with Gasteiger partial charge in [-0.3, -0.25) is 9.78 Å². The minimum Gasteiger partial charge on any atom is -0.396 e. The number of piperidine rings is 1. The molecule has 5 heteroatoms. The maximum absolute atomic E-state index is 13.6. The molecule has 0 saturated carbocycles. The number of amides is 1. The summed E-state index contributed by atoms with van der Waals surface area (Å²) in [6, 6.07) is 14.4. The zero-order chi connectivity index (χ0) is 22.0. The molecule has 2 heterocycles. The average Bonchev–Trinajstić information content (AvgIpc) is 2.79. The number of fused-ring (bicyclic) bond motifs is 1. The van der Waals surface area contributed by atoms with Gasteiger partial charge in [0.05, 0.1) is 17.7 Å². The number of aryl methyl sites for hydroxylation is 2. The second-order valence-electron chi connectivity index (χ2n) is 8.81. The van der Waals surface area contributed by atoms with Crippen LogP contribution in [0.1, 0.15) is 46.9 Å². The van der Waals surface area contributed by atoms with Gasteiger partial charge in [0.15, 0.2) is 0 Å². The quantitative estimate of drug-likeness (QED) is 0.651. The highest BCUT2D eigenvalue weighted by atomic mass is 19.1. The number of aliphatic hydroxyl groups excluding tert-OH is 1. The Bertz CT molecular complexity index is 1100. The van der Waals surface area contributed by atoms with Crippen molar-refractivity contribution in [2.45, 2.75) is 39.5 Å². The molecule has 1 fully saturated rings. The fourth-order valence-electron chi connectivity index (χ4n) is 4.72. The Balaban J connectivity index is 1.65. The normalized spacial score (nSPS) is 19.0. The number of likely N-dealkylation sites (tertiary alicyclic amines) is 1. The van der Waals surface area contributed by atoms with E-state index in [1.807, 2.05) is 24.0 Å². The summed E-state index contributed by atoms with van der Waals surface area (Å²) in [5.41, 5.74) is 4.05. The van der Waals surface area contributed by atoms with Gasteiger partial charge in [0.1, 0.15) is 5.82 Å². The van der Waals surface area contributed by atoms with Gasteiger partial charge in [0.25, 0.3) is 5.91 Å². The van der Waals surface area contributed by atoms with Crippen LogP contribution in [0.3, 0.4) is 0 Å². The van der Waals surface area contributed by atoms with Crippen molar-refractivity contribution in [2.75, 3.05) is 19.7 Å². The van der Waals surface area contributed by atoms with E-state index in [0.29, 0.717) is 25.1 Å². The molecule has 1 atom stereocenters. The van der Waals surface area contributed by atoms with Gasteiger partial charge >= 0.3 is 0 Å². The number of aromatic nitrogens is 1. The van der Waals surface area contributed by atoms with Gasteiger partial charge in [-0.1, -0.05) is 25.1 Å². The third kappa shape index (κ3) is 4.47. The minimum atomic E-state index is -0.418. The van der Waals surface area contributed by atoms with E-state index in [-0.39, 0.29) is 18.3 Å².